The first kappa shape index (κ1) is 19.9. The van der Waals surface area contributed by atoms with Crippen LogP contribution >= 0.6 is 11.8 Å². The Kier molecular flexibility index (Phi) is 5.42. The van der Waals surface area contributed by atoms with Crippen molar-refractivity contribution in [3.8, 4) is 0 Å². The molecule has 1 N–H and O–H groups in total. The first-order valence-electron chi connectivity index (χ1n) is 9.40. The molecule has 4 nitrogen and oxygen atoms in total. The van der Waals surface area contributed by atoms with E-state index in [1.54, 1.807) is 6.07 Å². The minimum atomic E-state index is -0.434. The Morgan fingerprint density at radius 1 is 0.833 bits per heavy atom. The minimum Gasteiger partial charge on any atom is -0.350 e. The molecular formula is C24H19FN2O2S. The number of aryl methyl sites for hydroxylation is 1. The third-order valence-corrected chi connectivity index (χ3v) is 6.03. The molecule has 0 saturated carbocycles. The summed E-state index contributed by atoms with van der Waals surface area (Å²) in [7, 11) is 0. The van der Waals surface area contributed by atoms with Gasteiger partial charge in [0.25, 0.3) is 11.8 Å². The lowest BCUT2D eigenvalue weighted by Gasteiger charge is -2.19. The summed E-state index contributed by atoms with van der Waals surface area (Å²) in [6.07, 6.45) is 0. The Bertz CT molecular complexity index is 1160. The molecule has 0 aliphatic carbocycles. The van der Waals surface area contributed by atoms with Gasteiger partial charge in [-0.15, -0.1) is 0 Å². The second-order valence-corrected chi connectivity index (χ2v) is 8.00. The number of rotatable bonds is 5. The van der Waals surface area contributed by atoms with Crippen LogP contribution in [0.4, 0.5) is 15.8 Å². The molecule has 1 heterocycles. The van der Waals surface area contributed by atoms with Crippen molar-refractivity contribution in [1.29, 1.82) is 0 Å². The molecule has 1 aliphatic rings. The number of anilines is 2. The van der Waals surface area contributed by atoms with E-state index in [1.807, 2.05) is 56.3 Å². The third kappa shape index (κ3) is 3.74. The number of carbonyl (C=O) groups is 2. The summed E-state index contributed by atoms with van der Waals surface area (Å²) in [6.45, 7) is 3.83. The number of carbonyl (C=O) groups excluding carboxylic acids is 2. The lowest BCUT2D eigenvalue weighted by Crippen LogP contribution is -2.33. The highest BCUT2D eigenvalue weighted by atomic mass is 32.2. The smallest absolute Gasteiger partial charge is 0.283 e. The molecule has 4 rings (SSSR count). The van der Waals surface area contributed by atoms with Gasteiger partial charge in [0, 0.05) is 10.6 Å². The van der Waals surface area contributed by atoms with Crippen molar-refractivity contribution in [1.82, 2.24) is 0 Å². The fourth-order valence-corrected chi connectivity index (χ4v) is 4.14. The number of nitrogens with zero attached hydrogens (tertiary/aromatic N) is 1. The SMILES string of the molecule is Cc1cccc(N2C(=O)C(Nc3ccc(F)cc3)=C(Sc3ccccc3)C2=O)c1C. The summed E-state index contributed by atoms with van der Waals surface area (Å²) < 4.78 is 13.3. The van der Waals surface area contributed by atoms with Crippen LogP contribution in [0.3, 0.4) is 0 Å². The zero-order valence-electron chi connectivity index (χ0n) is 16.5. The van der Waals surface area contributed by atoms with E-state index in [1.165, 1.54) is 40.9 Å². The van der Waals surface area contributed by atoms with Gasteiger partial charge in [-0.1, -0.05) is 42.1 Å². The van der Waals surface area contributed by atoms with Gasteiger partial charge >= 0.3 is 0 Å². The minimum absolute atomic E-state index is 0.182. The van der Waals surface area contributed by atoms with Crippen LogP contribution in [0.2, 0.25) is 0 Å². The maximum absolute atomic E-state index is 13.4. The van der Waals surface area contributed by atoms with Gasteiger partial charge in [0.05, 0.1) is 5.69 Å². The molecule has 0 bridgehead atoms. The second kappa shape index (κ2) is 8.16. The van der Waals surface area contributed by atoms with Gasteiger partial charge in [-0.3, -0.25) is 9.59 Å². The van der Waals surface area contributed by atoms with E-state index in [2.05, 4.69) is 5.32 Å². The monoisotopic (exact) mass is 418 g/mol. The lowest BCUT2D eigenvalue weighted by molar-refractivity contribution is -0.120. The van der Waals surface area contributed by atoms with Crippen molar-refractivity contribution in [2.45, 2.75) is 18.7 Å². The van der Waals surface area contributed by atoms with Crippen molar-refractivity contribution in [3.05, 3.63) is 100 Å². The fourth-order valence-electron chi connectivity index (χ4n) is 3.20. The summed E-state index contributed by atoms with van der Waals surface area (Å²) in [4.78, 5) is 29.1. The predicted octanol–water partition coefficient (Wildman–Crippen LogP) is 5.43. The molecule has 3 aromatic carbocycles. The maximum atomic E-state index is 13.4. The van der Waals surface area contributed by atoms with Crippen LogP contribution in [0.25, 0.3) is 0 Å². The number of amides is 2. The average molecular weight is 418 g/mol. The zero-order valence-corrected chi connectivity index (χ0v) is 17.3. The molecule has 0 unspecified atom stereocenters. The highest BCUT2D eigenvalue weighted by Gasteiger charge is 2.40. The van der Waals surface area contributed by atoms with Gasteiger partial charge in [-0.2, -0.15) is 0 Å². The van der Waals surface area contributed by atoms with Crippen LogP contribution in [-0.2, 0) is 9.59 Å². The van der Waals surface area contributed by atoms with E-state index in [4.69, 9.17) is 0 Å². The molecule has 6 heteroatoms. The van der Waals surface area contributed by atoms with E-state index < -0.39 is 5.91 Å². The number of benzene rings is 3. The molecule has 0 fully saturated rings. The van der Waals surface area contributed by atoms with Crippen LogP contribution < -0.4 is 10.2 Å². The maximum Gasteiger partial charge on any atom is 0.283 e. The Morgan fingerprint density at radius 3 is 2.23 bits per heavy atom. The number of halogens is 1. The van der Waals surface area contributed by atoms with Crippen LogP contribution in [0.1, 0.15) is 11.1 Å². The van der Waals surface area contributed by atoms with E-state index in [-0.39, 0.29) is 17.4 Å². The first-order valence-corrected chi connectivity index (χ1v) is 10.2. The Hall–Kier alpha value is -3.38. The summed E-state index contributed by atoms with van der Waals surface area (Å²) in [5.74, 6) is -1.19. The molecule has 30 heavy (non-hydrogen) atoms. The predicted molar refractivity (Wildman–Crippen MR) is 118 cm³/mol. The highest BCUT2D eigenvalue weighted by molar-refractivity contribution is 8.04. The number of thioether (sulfide) groups is 1. The topological polar surface area (TPSA) is 49.4 Å². The quantitative estimate of drug-likeness (QED) is 0.561. The normalized spacial score (nSPS) is 13.9. The first-order chi connectivity index (χ1) is 14.5. The number of hydrogen-bond acceptors (Lipinski definition) is 4. The van der Waals surface area contributed by atoms with E-state index in [9.17, 15) is 14.0 Å². The van der Waals surface area contributed by atoms with Crippen molar-refractivity contribution in [2.75, 3.05) is 10.2 Å². The molecule has 0 saturated heterocycles. The second-order valence-electron chi connectivity index (χ2n) is 6.92. The van der Waals surface area contributed by atoms with E-state index in [0.29, 0.717) is 16.3 Å². The standard InChI is InChI=1S/C24H19FN2O2S/c1-15-7-6-10-20(16(15)2)27-23(28)21(26-18-13-11-17(25)12-14-18)22(24(27)29)30-19-8-4-3-5-9-19/h3-14,26H,1-2H3. The number of hydrogen-bond donors (Lipinski definition) is 1. The van der Waals surface area contributed by atoms with E-state index >= 15 is 0 Å². The van der Waals surface area contributed by atoms with Crippen molar-refractivity contribution in [3.63, 3.8) is 0 Å². The summed E-state index contributed by atoms with van der Waals surface area (Å²) in [6, 6.07) is 20.6. The fraction of sp³-hybridized carbons (Fsp3) is 0.0833. The Balaban J connectivity index is 1.77. The molecule has 1 aliphatic heterocycles. The summed E-state index contributed by atoms with van der Waals surface area (Å²) >= 11 is 1.23. The molecule has 0 aromatic heterocycles. The third-order valence-electron chi connectivity index (χ3n) is 4.93. The molecule has 2 amide bonds. The van der Waals surface area contributed by atoms with Gasteiger partial charge in [0.15, 0.2) is 0 Å². The summed E-state index contributed by atoms with van der Waals surface area (Å²) in [5, 5.41) is 3.03. The van der Waals surface area contributed by atoms with Crippen molar-refractivity contribution < 1.29 is 14.0 Å². The molecule has 0 atom stereocenters. The van der Waals surface area contributed by atoms with Gasteiger partial charge < -0.3 is 5.32 Å². The Morgan fingerprint density at radius 2 is 1.53 bits per heavy atom. The van der Waals surface area contributed by atoms with Crippen molar-refractivity contribution >= 4 is 35.0 Å². The molecule has 3 aromatic rings. The van der Waals surface area contributed by atoms with E-state index in [0.717, 1.165) is 16.0 Å². The zero-order chi connectivity index (χ0) is 21.3. The highest BCUT2D eigenvalue weighted by Crippen LogP contribution is 2.38. The lowest BCUT2D eigenvalue weighted by atomic mass is 10.1. The van der Waals surface area contributed by atoms with Crippen molar-refractivity contribution in [2.24, 2.45) is 0 Å². The Labute approximate surface area is 178 Å². The van der Waals surface area contributed by atoms with Crippen LogP contribution in [0.5, 0.6) is 0 Å². The molecule has 0 spiro atoms. The van der Waals surface area contributed by atoms with Gasteiger partial charge in [0.2, 0.25) is 0 Å². The molecule has 0 radical (unpaired) electrons. The number of nitrogens with one attached hydrogen (secondary N) is 1. The van der Waals surface area contributed by atoms with Gasteiger partial charge in [0.1, 0.15) is 16.4 Å². The summed E-state index contributed by atoms with van der Waals surface area (Å²) in [5.41, 5.74) is 3.13. The largest absolute Gasteiger partial charge is 0.350 e. The molecule has 150 valence electrons. The molecular weight excluding hydrogens is 399 g/mol. The number of imide groups is 1. The van der Waals surface area contributed by atoms with Gasteiger partial charge in [-0.05, 0) is 67.4 Å². The average Bonchev–Trinajstić information content (AvgIpc) is 2.96. The van der Waals surface area contributed by atoms with Crippen LogP contribution in [0, 0.1) is 19.7 Å². The van der Waals surface area contributed by atoms with Gasteiger partial charge in [-0.25, -0.2) is 9.29 Å². The van der Waals surface area contributed by atoms with Crippen LogP contribution in [0.15, 0.2) is 88.3 Å². The van der Waals surface area contributed by atoms with Crippen LogP contribution in [-0.4, -0.2) is 11.8 Å².